The summed E-state index contributed by atoms with van der Waals surface area (Å²) < 4.78 is 6.37. The van der Waals surface area contributed by atoms with Gasteiger partial charge in [-0.2, -0.15) is 0 Å². The summed E-state index contributed by atoms with van der Waals surface area (Å²) in [5, 5.41) is 3.79. The van der Waals surface area contributed by atoms with Crippen LogP contribution in [0.25, 0.3) is 0 Å². The molecule has 0 aromatic carbocycles. The van der Waals surface area contributed by atoms with Crippen LogP contribution < -0.4 is 5.32 Å². The lowest BCUT2D eigenvalue weighted by atomic mass is 9.86. The lowest BCUT2D eigenvalue weighted by Crippen LogP contribution is -2.41. The third-order valence-electron chi connectivity index (χ3n) is 5.57. The van der Waals surface area contributed by atoms with Crippen LogP contribution in [0.5, 0.6) is 0 Å². The fourth-order valence-electron chi connectivity index (χ4n) is 4.33. The molecule has 0 bridgehead atoms. The van der Waals surface area contributed by atoms with Crippen LogP contribution in [-0.2, 0) is 4.74 Å². The fourth-order valence-corrected chi connectivity index (χ4v) is 4.33. The Bertz CT molecular complexity index is 272. The first-order valence-electron chi connectivity index (χ1n) is 8.19. The Morgan fingerprint density at radius 2 is 1.78 bits per heavy atom. The Labute approximate surface area is 112 Å². The third-order valence-corrected chi connectivity index (χ3v) is 5.57. The van der Waals surface area contributed by atoms with Crippen molar-refractivity contribution in [2.24, 2.45) is 5.92 Å². The molecular formula is C16H29NO. The highest BCUT2D eigenvalue weighted by atomic mass is 16.5. The van der Waals surface area contributed by atoms with Crippen LogP contribution in [0.15, 0.2) is 0 Å². The van der Waals surface area contributed by atoms with Gasteiger partial charge in [0, 0.05) is 12.6 Å². The molecule has 3 aliphatic rings. The lowest BCUT2D eigenvalue weighted by Gasteiger charge is -2.31. The molecule has 1 heterocycles. The summed E-state index contributed by atoms with van der Waals surface area (Å²) in [6.07, 6.45) is 14.2. The molecule has 3 rings (SSSR count). The van der Waals surface area contributed by atoms with E-state index < -0.39 is 0 Å². The van der Waals surface area contributed by atoms with Gasteiger partial charge in [-0.15, -0.1) is 0 Å². The maximum atomic E-state index is 6.37. The maximum absolute atomic E-state index is 6.37. The quantitative estimate of drug-likeness (QED) is 0.826. The molecule has 1 aliphatic heterocycles. The van der Waals surface area contributed by atoms with Crippen molar-refractivity contribution < 1.29 is 4.74 Å². The fraction of sp³-hybridized carbons (Fsp3) is 1.00. The maximum Gasteiger partial charge on any atom is 0.0708 e. The molecule has 2 heteroatoms. The van der Waals surface area contributed by atoms with E-state index in [0.717, 1.165) is 18.5 Å². The van der Waals surface area contributed by atoms with Crippen molar-refractivity contribution in [1.29, 1.82) is 0 Å². The van der Waals surface area contributed by atoms with Crippen LogP contribution >= 0.6 is 0 Å². The van der Waals surface area contributed by atoms with Gasteiger partial charge in [-0.05, 0) is 44.4 Å². The highest BCUT2D eigenvalue weighted by Gasteiger charge is 2.42. The summed E-state index contributed by atoms with van der Waals surface area (Å²) in [6.45, 7) is 3.50. The van der Waals surface area contributed by atoms with E-state index in [0.29, 0.717) is 11.7 Å². The Balaban J connectivity index is 1.44. The Hall–Kier alpha value is -0.0800. The van der Waals surface area contributed by atoms with Crippen LogP contribution in [0.4, 0.5) is 0 Å². The highest BCUT2D eigenvalue weighted by Crippen LogP contribution is 2.43. The van der Waals surface area contributed by atoms with Gasteiger partial charge in [-0.1, -0.05) is 32.6 Å². The molecule has 1 spiro atoms. The first-order chi connectivity index (χ1) is 8.77. The molecule has 104 valence electrons. The van der Waals surface area contributed by atoms with Crippen LogP contribution in [0, 0.1) is 5.92 Å². The molecule has 3 fully saturated rings. The van der Waals surface area contributed by atoms with Gasteiger partial charge in [0.1, 0.15) is 0 Å². The molecule has 0 radical (unpaired) electrons. The topological polar surface area (TPSA) is 21.3 Å². The van der Waals surface area contributed by atoms with Gasteiger partial charge in [0.25, 0.3) is 0 Å². The van der Waals surface area contributed by atoms with Crippen molar-refractivity contribution in [3.05, 3.63) is 0 Å². The largest absolute Gasteiger partial charge is 0.370 e. The van der Waals surface area contributed by atoms with Crippen molar-refractivity contribution in [1.82, 2.24) is 5.32 Å². The predicted molar refractivity (Wildman–Crippen MR) is 74.7 cm³/mol. The molecular weight excluding hydrogens is 222 g/mol. The normalized spacial score (nSPS) is 39.5. The zero-order chi connectivity index (χ0) is 12.4. The summed E-state index contributed by atoms with van der Waals surface area (Å²) in [4.78, 5) is 0. The van der Waals surface area contributed by atoms with Gasteiger partial charge < -0.3 is 10.1 Å². The van der Waals surface area contributed by atoms with Crippen molar-refractivity contribution >= 4 is 0 Å². The molecule has 1 N–H and O–H groups in total. The van der Waals surface area contributed by atoms with Gasteiger partial charge >= 0.3 is 0 Å². The molecule has 1 saturated heterocycles. The second-order valence-electron chi connectivity index (χ2n) is 6.95. The predicted octanol–water partition coefficient (Wildman–Crippen LogP) is 3.65. The summed E-state index contributed by atoms with van der Waals surface area (Å²) in [5.74, 6) is 0.862. The van der Waals surface area contributed by atoms with Crippen LogP contribution in [0.1, 0.15) is 71.1 Å². The van der Waals surface area contributed by atoms with Gasteiger partial charge in [0.2, 0.25) is 0 Å². The summed E-state index contributed by atoms with van der Waals surface area (Å²) in [6, 6.07) is 0.752. The van der Waals surface area contributed by atoms with E-state index in [1.165, 1.54) is 64.2 Å². The minimum atomic E-state index is 0.310. The summed E-state index contributed by atoms with van der Waals surface area (Å²) >= 11 is 0. The van der Waals surface area contributed by atoms with E-state index in [-0.39, 0.29) is 0 Å². The molecule has 0 aromatic rings. The molecule has 2 nitrogen and oxygen atoms in total. The van der Waals surface area contributed by atoms with E-state index in [1.54, 1.807) is 0 Å². The van der Waals surface area contributed by atoms with E-state index in [9.17, 15) is 0 Å². The molecule has 18 heavy (non-hydrogen) atoms. The zero-order valence-corrected chi connectivity index (χ0v) is 11.9. The van der Waals surface area contributed by atoms with E-state index in [1.807, 2.05) is 0 Å². The average molecular weight is 251 g/mol. The number of hydrogen-bond acceptors (Lipinski definition) is 2. The van der Waals surface area contributed by atoms with Gasteiger partial charge in [-0.3, -0.25) is 0 Å². The van der Waals surface area contributed by atoms with Gasteiger partial charge in [-0.25, -0.2) is 0 Å². The molecule has 2 aliphatic carbocycles. The summed E-state index contributed by atoms with van der Waals surface area (Å²) in [7, 11) is 0. The van der Waals surface area contributed by atoms with Crippen LogP contribution in [0.2, 0.25) is 0 Å². The number of rotatable bonds is 3. The smallest absolute Gasteiger partial charge is 0.0708 e. The number of nitrogens with one attached hydrogen (secondary N) is 1. The molecule has 0 amide bonds. The van der Waals surface area contributed by atoms with E-state index >= 15 is 0 Å². The summed E-state index contributed by atoms with van der Waals surface area (Å²) in [5.41, 5.74) is 0.310. The first-order valence-corrected chi connectivity index (χ1v) is 8.19. The van der Waals surface area contributed by atoms with Crippen molar-refractivity contribution in [2.45, 2.75) is 88.9 Å². The number of hydrogen-bond donors (Lipinski definition) is 1. The third kappa shape index (κ3) is 2.75. The van der Waals surface area contributed by atoms with Crippen molar-refractivity contribution in [3.63, 3.8) is 0 Å². The van der Waals surface area contributed by atoms with Gasteiger partial charge in [0.05, 0.1) is 11.7 Å². The first kappa shape index (κ1) is 12.9. The molecule has 3 atom stereocenters. The van der Waals surface area contributed by atoms with Gasteiger partial charge in [0.15, 0.2) is 0 Å². The molecule has 2 saturated carbocycles. The standard InChI is InChI=1S/C16H29NO/c1-13-6-2-3-7-15(13)17-12-14-8-11-16(18-14)9-4-5-10-16/h13-15,17H,2-12H2,1H3. The zero-order valence-electron chi connectivity index (χ0n) is 11.9. The second kappa shape index (κ2) is 5.50. The van der Waals surface area contributed by atoms with Crippen LogP contribution in [-0.4, -0.2) is 24.3 Å². The molecule has 3 unspecified atom stereocenters. The monoisotopic (exact) mass is 251 g/mol. The minimum Gasteiger partial charge on any atom is -0.370 e. The van der Waals surface area contributed by atoms with E-state index in [2.05, 4.69) is 12.2 Å². The molecule has 0 aromatic heterocycles. The Morgan fingerprint density at radius 1 is 1.00 bits per heavy atom. The highest BCUT2D eigenvalue weighted by molar-refractivity contribution is 4.93. The minimum absolute atomic E-state index is 0.310. The number of ether oxygens (including phenoxy) is 1. The average Bonchev–Trinajstić information content (AvgIpc) is 3.00. The van der Waals surface area contributed by atoms with Crippen molar-refractivity contribution in [3.8, 4) is 0 Å². The Kier molecular flexibility index (Phi) is 3.95. The Morgan fingerprint density at radius 3 is 2.56 bits per heavy atom. The van der Waals surface area contributed by atoms with Crippen LogP contribution in [0.3, 0.4) is 0 Å². The lowest BCUT2D eigenvalue weighted by molar-refractivity contribution is -0.0366. The van der Waals surface area contributed by atoms with Crippen molar-refractivity contribution in [2.75, 3.05) is 6.54 Å². The second-order valence-corrected chi connectivity index (χ2v) is 6.95. The van der Waals surface area contributed by atoms with E-state index in [4.69, 9.17) is 4.74 Å². The SMILES string of the molecule is CC1CCCCC1NCC1CCC2(CCCC2)O1.